The van der Waals surface area contributed by atoms with E-state index in [4.69, 9.17) is 0 Å². The van der Waals surface area contributed by atoms with E-state index in [0.29, 0.717) is 12.8 Å². The number of hydrazone groups is 1. The van der Waals surface area contributed by atoms with Crippen LogP contribution in [0.25, 0.3) is 6.08 Å². The first-order chi connectivity index (χ1) is 8.65. The number of hydrogen-bond acceptors (Lipinski definition) is 3. The van der Waals surface area contributed by atoms with Crippen LogP contribution < -0.4 is 5.43 Å². The van der Waals surface area contributed by atoms with Crippen LogP contribution in [0.5, 0.6) is 0 Å². The molecule has 0 radical (unpaired) electrons. The Morgan fingerprint density at radius 1 is 1.33 bits per heavy atom. The van der Waals surface area contributed by atoms with E-state index in [2.05, 4.69) is 10.5 Å². The summed E-state index contributed by atoms with van der Waals surface area (Å²) < 4.78 is 11.4. The van der Waals surface area contributed by atoms with Crippen LogP contribution in [0.15, 0.2) is 40.3 Å². The molecule has 0 fully saturated rings. The Hall–Kier alpha value is -1.75. The average Bonchev–Trinajstić information content (AvgIpc) is 2.38. The van der Waals surface area contributed by atoms with E-state index in [1.807, 2.05) is 36.4 Å². The van der Waals surface area contributed by atoms with Gasteiger partial charge in [-0.1, -0.05) is 18.2 Å². The van der Waals surface area contributed by atoms with Crippen molar-refractivity contribution >= 4 is 28.5 Å². The zero-order valence-electron chi connectivity index (χ0n) is 10.1. The second kappa shape index (κ2) is 5.73. The van der Waals surface area contributed by atoms with Gasteiger partial charge in [0.2, 0.25) is 5.91 Å². The SMILES string of the molecule is CS(=O)c1cccc(C=CC2=NNC(=O)CC2)c1. The van der Waals surface area contributed by atoms with Gasteiger partial charge in [0.25, 0.3) is 0 Å². The first kappa shape index (κ1) is 12.7. The Bertz CT molecular complexity index is 550. The van der Waals surface area contributed by atoms with Crippen molar-refractivity contribution in [2.24, 2.45) is 5.10 Å². The Balaban J connectivity index is 2.11. The third-order valence-electron chi connectivity index (χ3n) is 2.59. The molecule has 18 heavy (non-hydrogen) atoms. The molecule has 4 nitrogen and oxygen atoms in total. The monoisotopic (exact) mass is 262 g/mol. The van der Waals surface area contributed by atoms with Crippen LogP contribution >= 0.6 is 0 Å². The molecule has 0 saturated heterocycles. The van der Waals surface area contributed by atoms with Gasteiger partial charge in [-0.2, -0.15) is 5.10 Å². The van der Waals surface area contributed by atoms with Gasteiger partial charge in [-0.05, 0) is 23.8 Å². The quantitative estimate of drug-likeness (QED) is 0.901. The summed E-state index contributed by atoms with van der Waals surface area (Å²) in [6.07, 6.45) is 6.57. The molecule has 0 spiro atoms. The lowest BCUT2D eigenvalue weighted by Gasteiger charge is -2.08. The molecule has 1 aliphatic heterocycles. The minimum absolute atomic E-state index is 0.0458. The summed E-state index contributed by atoms with van der Waals surface area (Å²) >= 11 is 0. The third kappa shape index (κ3) is 3.37. The number of nitrogens with one attached hydrogen (secondary N) is 1. The van der Waals surface area contributed by atoms with Crippen LogP contribution in [-0.4, -0.2) is 22.1 Å². The molecular weight excluding hydrogens is 248 g/mol. The maximum atomic E-state index is 11.4. The minimum Gasteiger partial charge on any atom is -0.273 e. The van der Waals surface area contributed by atoms with Crippen molar-refractivity contribution in [2.75, 3.05) is 6.26 Å². The summed E-state index contributed by atoms with van der Waals surface area (Å²) in [4.78, 5) is 11.7. The highest BCUT2D eigenvalue weighted by atomic mass is 32.2. The Morgan fingerprint density at radius 2 is 2.17 bits per heavy atom. The highest BCUT2D eigenvalue weighted by molar-refractivity contribution is 7.84. The number of nitrogens with zero attached hydrogens (tertiary/aromatic N) is 1. The fourth-order valence-corrected chi connectivity index (χ4v) is 2.17. The number of carbonyl (C=O) groups excluding carboxylic acids is 1. The summed E-state index contributed by atoms with van der Waals surface area (Å²) in [6, 6.07) is 7.54. The molecule has 1 aromatic carbocycles. The molecule has 1 aromatic rings. The van der Waals surface area contributed by atoms with Gasteiger partial charge in [-0.3, -0.25) is 9.00 Å². The molecule has 1 unspecified atom stereocenters. The second-order valence-corrected chi connectivity index (χ2v) is 5.38. The van der Waals surface area contributed by atoms with Gasteiger partial charge in [0.15, 0.2) is 0 Å². The van der Waals surface area contributed by atoms with E-state index in [-0.39, 0.29) is 5.91 Å². The van der Waals surface area contributed by atoms with Gasteiger partial charge in [-0.15, -0.1) is 0 Å². The molecule has 5 heteroatoms. The number of rotatable bonds is 3. The van der Waals surface area contributed by atoms with Crippen LogP contribution in [0.1, 0.15) is 18.4 Å². The number of amides is 1. The average molecular weight is 262 g/mol. The zero-order valence-corrected chi connectivity index (χ0v) is 10.9. The number of hydrogen-bond donors (Lipinski definition) is 1. The largest absolute Gasteiger partial charge is 0.273 e. The van der Waals surface area contributed by atoms with E-state index in [1.54, 1.807) is 6.26 Å². The standard InChI is InChI=1S/C13H14N2O2S/c1-18(17)12-4-2-3-10(9-12)5-6-11-7-8-13(16)15-14-11/h2-6,9H,7-8H2,1H3,(H,15,16). The Kier molecular flexibility index (Phi) is 4.04. The maximum absolute atomic E-state index is 11.4. The van der Waals surface area contributed by atoms with Crippen LogP contribution in [0.2, 0.25) is 0 Å². The van der Waals surface area contributed by atoms with Crippen molar-refractivity contribution in [2.45, 2.75) is 17.7 Å². The molecular formula is C13H14N2O2S. The summed E-state index contributed by atoms with van der Waals surface area (Å²) in [5.74, 6) is -0.0458. The zero-order chi connectivity index (χ0) is 13.0. The van der Waals surface area contributed by atoms with Crippen LogP contribution in [0.3, 0.4) is 0 Å². The molecule has 1 amide bonds. The van der Waals surface area contributed by atoms with Crippen molar-refractivity contribution in [3.05, 3.63) is 35.9 Å². The summed E-state index contributed by atoms with van der Waals surface area (Å²) in [5.41, 5.74) is 4.27. The first-order valence-electron chi connectivity index (χ1n) is 5.62. The highest BCUT2D eigenvalue weighted by Gasteiger charge is 2.08. The molecule has 1 aliphatic rings. The fourth-order valence-electron chi connectivity index (χ4n) is 1.60. The molecule has 0 saturated carbocycles. The molecule has 1 N–H and O–H groups in total. The van der Waals surface area contributed by atoms with Crippen molar-refractivity contribution in [3.63, 3.8) is 0 Å². The molecule has 1 heterocycles. The number of benzene rings is 1. The fraction of sp³-hybridized carbons (Fsp3) is 0.231. The van der Waals surface area contributed by atoms with Gasteiger partial charge in [0.1, 0.15) is 0 Å². The predicted octanol–water partition coefficient (Wildman–Crippen LogP) is 1.70. The lowest BCUT2D eigenvalue weighted by Crippen LogP contribution is -2.24. The van der Waals surface area contributed by atoms with Crippen molar-refractivity contribution in [1.82, 2.24) is 5.43 Å². The van der Waals surface area contributed by atoms with Gasteiger partial charge < -0.3 is 0 Å². The molecule has 0 bridgehead atoms. The topological polar surface area (TPSA) is 58.5 Å². The highest BCUT2D eigenvalue weighted by Crippen LogP contribution is 2.11. The van der Waals surface area contributed by atoms with Crippen LogP contribution in [0, 0.1) is 0 Å². The second-order valence-electron chi connectivity index (χ2n) is 4.00. The first-order valence-corrected chi connectivity index (χ1v) is 7.18. The van der Waals surface area contributed by atoms with E-state index in [1.165, 1.54) is 0 Å². The molecule has 0 aliphatic carbocycles. The van der Waals surface area contributed by atoms with Crippen molar-refractivity contribution < 1.29 is 9.00 Å². The molecule has 2 rings (SSSR count). The van der Waals surface area contributed by atoms with E-state index < -0.39 is 10.8 Å². The summed E-state index contributed by atoms with van der Waals surface area (Å²) in [6.45, 7) is 0. The summed E-state index contributed by atoms with van der Waals surface area (Å²) in [5, 5.41) is 3.95. The van der Waals surface area contributed by atoms with Crippen molar-refractivity contribution in [3.8, 4) is 0 Å². The normalized spacial score (nSPS) is 17.4. The van der Waals surface area contributed by atoms with E-state index in [0.717, 1.165) is 16.2 Å². The van der Waals surface area contributed by atoms with Gasteiger partial charge in [0, 0.05) is 34.8 Å². The Labute approximate surface area is 108 Å². The van der Waals surface area contributed by atoms with Gasteiger partial charge >= 0.3 is 0 Å². The van der Waals surface area contributed by atoms with Crippen LogP contribution in [0.4, 0.5) is 0 Å². The number of carbonyl (C=O) groups is 1. The molecule has 1 atom stereocenters. The number of allylic oxidation sites excluding steroid dienone is 1. The summed E-state index contributed by atoms with van der Waals surface area (Å²) in [7, 11) is -0.973. The van der Waals surface area contributed by atoms with Gasteiger partial charge in [0.05, 0.1) is 5.71 Å². The van der Waals surface area contributed by atoms with Crippen molar-refractivity contribution in [1.29, 1.82) is 0 Å². The minimum atomic E-state index is -0.973. The predicted molar refractivity (Wildman–Crippen MR) is 72.6 cm³/mol. The Morgan fingerprint density at radius 3 is 2.83 bits per heavy atom. The van der Waals surface area contributed by atoms with Gasteiger partial charge in [-0.25, -0.2) is 5.43 Å². The molecule has 94 valence electrons. The van der Waals surface area contributed by atoms with E-state index in [9.17, 15) is 9.00 Å². The smallest absolute Gasteiger partial charge is 0.240 e. The molecule has 0 aromatic heterocycles. The maximum Gasteiger partial charge on any atom is 0.240 e. The lowest BCUT2D eigenvalue weighted by molar-refractivity contribution is -0.121. The van der Waals surface area contributed by atoms with E-state index >= 15 is 0 Å². The lowest BCUT2D eigenvalue weighted by atomic mass is 10.1. The third-order valence-corrected chi connectivity index (χ3v) is 3.51. The van der Waals surface area contributed by atoms with Crippen LogP contribution in [-0.2, 0) is 15.6 Å².